The summed E-state index contributed by atoms with van der Waals surface area (Å²) in [5.74, 6) is 0.244. The smallest absolute Gasteiger partial charge is 0.0482 e. The van der Waals surface area contributed by atoms with Crippen LogP contribution in [0.2, 0.25) is 0 Å². The number of para-hydroxylation sites is 1. The predicted octanol–water partition coefficient (Wildman–Crippen LogP) is 3.58. The van der Waals surface area contributed by atoms with Gasteiger partial charge in [0, 0.05) is 36.1 Å². The molecule has 0 radical (unpaired) electrons. The van der Waals surface area contributed by atoms with Crippen LogP contribution in [-0.4, -0.2) is 11.1 Å². The van der Waals surface area contributed by atoms with Crippen LogP contribution in [0.1, 0.15) is 22.7 Å². The molecule has 1 atom stereocenters. The summed E-state index contributed by atoms with van der Waals surface area (Å²) in [4.78, 5) is 0. The zero-order valence-corrected chi connectivity index (χ0v) is 12.0. The van der Waals surface area contributed by atoms with Crippen LogP contribution in [-0.2, 0) is 7.05 Å². The Hall–Kier alpha value is -2.06. The van der Waals surface area contributed by atoms with E-state index in [1.807, 2.05) is 6.07 Å². The lowest BCUT2D eigenvalue weighted by Crippen LogP contribution is -2.17. The number of hydrogen-bond acceptors (Lipinski definition) is 1. The molecule has 102 valence electrons. The molecule has 20 heavy (non-hydrogen) atoms. The molecule has 3 rings (SSSR count). The van der Waals surface area contributed by atoms with E-state index < -0.39 is 0 Å². The number of aryl methyl sites for hydroxylation is 2. The van der Waals surface area contributed by atoms with Gasteiger partial charge in [0.15, 0.2) is 0 Å². The van der Waals surface area contributed by atoms with Gasteiger partial charge in [-0.2, -0.15) is 0 Å². The van der Waals surface area contributed by atoms with Crippen molar-refractivity contribution in [2.45, 2.75) is 12.8 Å². The van der Waals surface area contributed by atoms with E-state index in [0.717, 1.165) is 0 Å². The summed E-state index contributed by atoms with van der Waals surface area (Å²) in [5, 5.41) is 1.32. The Labute approximate surface area is 119 Å². The first kappa shape index (κ1) is 12.9. The average Bonchev–Trinajstić information content (AvgIpc) is 2.75. The fraction of sp³-hybridized carbons (Fsp3) is 0.222. The van der Waals surface area contributed by atoms with Gasteiger partial charge in [0.05, 0.1) is 0 Å². The van der Waals surface area contributed by atoms with Crippen molar-refractivity contribution in [1.29, 1.82) is 0 Å². The summed E-state index contributed by atoms with van der Waals surface area (Å²) >= 11 is 0. The van der Waals surface area contributed by atoms with Crippen LogP contribution < -0.4 is 5.73 Å². The minimum absolute atomic E-state index is 0.244. The van der Waals surface area contributed by atoms with Crippen molar-refractivity contribution < 1.29 is 0 Å². The van der Waals surface area contributed by atoms with E-state index in [2.05, 4.69) is 67.1 Å². The predicted molar refractivity (Wildman–Crippen MR) is 85.0 cm³/mol. The van der Waals surface area contributed by atoms with E-state index >= 15 is 0 Å². The summed E-state index contributed by atoms with van der Waals surface area (Å²) in [7, 11) is 2.14. The number of rotatable bonds is 3. The number of fused-ring (bicyclic) bond motifs is 1. The molecule has 0 amide bonds. The Morgan fingerprint density at radius 1 is 1.00 bits per heavy atom. The second-order valence-corrected chi connectivity index (χ2v) is 5.29. The average molecular weight is 264 g/mol. The highest BCUT2D eigenvalue weighted by Crippen LogP contribution is 2.32. The summed E-state index contributed by atoms with van der Waals surface area (Å²) in [6, 6.07) is 19.1. The molecular formula is C18H20N2. The number of aromatic nitrogens is 1. The third kappa shape index (κ3) is 1.93. The second-order valence-electron chi connectivity index (χ2n) is 5.29. The van der Waals surface area contributed by atoms with Gasteiger partial charge < -0.3 is 10.3 Å². The lowest BCUT2D eigenvalue weighted by Gasteiger charge is -2.18. The fourth-order valence-corrected chi connectivity index (χ4v) is 3.19. The number of benzene rings is 2. The Morgan fingerprint density at radius 2 is 1.65 bits per heavy atom. The molecule has 2 N–H and O–H groups in total. The minimum Gasteiger partial charge on any atom is -0.347 e. The van der Waals surface area contributed by atoms with Crippen LogP contribution in [0.25, 0.3) is 10.9 Å². The molecule has 0 bridgehead atoms. The minimum atomic E-state index is 0.244. The molecule has 0 saturated heterocycles. The van der Waals surface area contributed by atoms with Gasteiger partial charge in [-0.25, -0.2) is 0 Å². The van der Waals surface area contributed by atoms with Gasteiger partial charge in [0.2, 0.25) is 0 Å². The third-order valence-electron chi connectivity index (χ3n) is 4.18. The molecule has 0 fully saturated rings. The quantitative estimate of drug-likeness (QED) is 0.770. The van der Waals surface area contributed by atoms with E-state index in [1.54, 1.807) is 0 Å². The Bertz CT molecular complexity index is 687. The maximum atomic E-state index is 6.08. The van der Waals surface area contributed by atoms with Gasteiger partial charge in [0.1, 0.15) is 0 Å². The topological polar surface area (TPSA) is 30.9 Å². The van der Waals surface area contributed by atoms with Gasteiger partial charge in [-0.15, -0.1) is 0 Å². The molecular weight excluding hydrogens is 244 g/mol. The number of hydrogen-bond donors (Lipinski definition) is 1. The van der Waals surface area contributed by atoms with Gasteiger partial charge >= 0.3 is 0 Å². The van der Waals surface area contributed by atoms with Gasteiger partial charge in [0.25, 0.3) is 0 Å². The first-order valence-corrected chi connectivity index (χ1v) is 7.03. The molecule has 2 heteroatoms. The normalized spacial score (nSPS) is 12.8. The van der Waals surface area contributed by atoms with Crippen molar-refractivity contribution in [2.75, 3.05) is 6.54 Å². The molecule has 0 aliphatic heterocycles. The van der Waals surface area contributed by atoms with Crippen molar-refractivity contribution in [3.63, 3.8) is 0 Å². The number of nitrogens with two attached hydrogens (primary N) is 1. The molecule has 3 aromatic rings. The van der Waals surface area contributed by atoms with Crippen molar-refractivity contribution in [1.82, 2.24) is 4.57 Å². The Balaban J connectivity index is 2.23. The highest BCUT2D eigenvalue weighted by molar-refractivity contribution is 5.85. The van der Waals surface area contributed by atoms with E-state index in [4.69, 9.17) is 5.73 Å². The van der Waals surface area contributed by atoms with Crippen LogP contribution in [0.15, 0.2) is 54.6 Å². The van der Waals surface area contributed by atoms with Crippen molar-refractivity contribution in [3.05, 3.63) is 71.4 Å². The Kier molecular flexibility index (Phi) is 3.33. The number of nitrogens with zero attached hydrogens (tertiary/aromatic N) is 1. The zero-order valence-electron chi connectivity index (χ0n) is 12.0. The molecule has 0 spiro atoms. The van der Waals surface area contributed by atoms with Crippen LogP contribution >= 0.6 is 0 Å². The van der Waals surface area contributed by atoms with E-state index in [0.29, 0.717) is 6.54 Å². The summed E-state index contributed by atoms with van der Waals surface area (Å²) in [6.45, 7) is 2.82. The van der Waals surface area contributed by atoms with Gasteiger partial charge in [-0.1, -0.05) is 48.5 Å². The maximum absolute atomic E-state index is 6.08. The molecule has 1 unspecified atom stereocenters. The van der Waals surface area contributed by atoms with Crippen molar-refractivity contribution >= 4 is 10.9 Å². The van der Waals surface area contributed by atoms with E-state index in [1.165, 1.54) is 27.7 Å². The second kappa shape index (κ2) is 5.14. The highest BCUT2D eigenvalue weighted by atomic mass is 15.0. The largest absolute Gasteiger partial charge is 0.347 e. The van der Waals surface area contributed by atoms with Gasteiger partial charge in [-0.3, -0.25) is 0 Å². The van der Waals surface area contributed by atoms with Gasteiger partial charge in [-0.05, 0) is 24.1 Å². The zero-order chi connectivity index (χ0) is 14.1. The van der Waals surface area contributed by atoms with Crippen LogP contribution in [0, 0.1) is 6.92 Å². The third-order valence-corrected chi connectivity index (χ3v) is 4.18. The molecule has 1 aromatic heterocycles. The monoisotopic (exact) mass is 264 g/mol. The molecule has 1 heterocycles. The first-order valence-electron chi connectivity index (χ1n) is 7.03. The SMILES string of the molecule is Cc1c(C(CN)c2ccccc2)n(C)c2ccccc12. The summed E-state index contributed by atoms with van der Waals surface area (Å²) < 4.78 is 2.29. The van der Waals surface area contributed by atoms with E-state index in [9.17, 15) is 0 Å². The lowest BCUT2D eigenvalue weighted by molar-refractivity contribution is 0.730. The van der Waals surface area contributed by atoms with Crippen molar-refractivity contribution in [2.24, 2.45) is 12.8 Å². The maximum Gasteiger partial charge on any atom is 0.0482 e. The standard InChI is InChI=1S/C18H20N2/c1-13-15-10-6-7-11-17(15)20(2)18(13)16(12-19)14-8-4-3-5-9-14/h3-11,16H,12,19H2,1-2H3. The van der Waals surface area contributed by atoms with Crippen LogP contribution in [0.4, 0.5) is 0 Å². The van der Waals surface area contributed by atoms with Crippen molar-refractivity contribution in [3.8, 4) is 0 Å². The fourth-order valence-electron chi connectivity index (χ4n) is 3.19. The summed E-state index contributed by atoms with van der Waals surface area (Å²) in [6.07, 6.45) is 0. The highest BCUT2D eigenvalue weighted by Gasteiger charge is 2.20. The molecule has 0 aliphatic carbocycles. The molecule has 0 aliphatic rings. The van der Waals surface area contributed by atoms with Crippen LogP contribution in [0.5, 0.6) is 0 Å². The molecule has 2 nitrogen and oxygen atoms in total. The van der Waals surface area contributed by atoms with E-state index in [-0.39, 0.29) is 5.92 Å². The Morgan fingerprint density at radius 3 is 2.30 bits per heavy atom. The summed E-state index contributed by atoms with van der Waals surface area (Å²) in [5.41, 5.74) is 11.3. The lowest BCUT2D eigenvalue weighted by atomic mass is 9.93. The first-order chi connectivity index (χ1) is 9.74. The van der Waals surface area contributed by atoms with Crippen LogP contribution in [0.3, 0.4) is 0 Å². The molecule has 0 saturated carbocycles. The molecule has 2 aromatic carbocycles.